The van der Waals surface area contributed by atoms with Crippen molar-refractivity contribution < 1.29 is 19.1 Å². The first-order valence-electron chi connectivity index (χ1n) is 14.1. The second-order valence-electron chi connectivity index (χ2n) is 10.2. The van der Waals surface area contributed by atoms with E-state index in [-0.39, 0.29) is 17.9 Å². The summed E-state index contributed by atoms with van der Waals surface area (Å²) in [4.78, 5) is 31.5. The van der Waals surface area contributed by atoms with E-state index < -0.39 is 0 Å². The molecule has 0 unspecified atom stereocenters. The van der Waals surface area contributed by atoms with Crippen LogP contribution in [-0.2, 0) is 24.2 Å². The summed E-state index contributed by atoms with van der Waals surface area (Å²) in [6.45, 7) is 2.50. The van der Waals surface area contributed by atoms with Crippen molar-refractivity contribution in [3.05, 3.63) is 81.2 Å². The van der Waals surface area contributed by atoms with E-state index in [0.717, 1.165) is 60.2 Å². The maximum atomic E-state index is 13.5. The molecule has 0 bridgehead atoms. The average Bonchev–Trinajstić information content (AvgIpc) is 3.35. The minimum Gasteiger partial charge on any atom is -0.488 e. The van der Waals surface area contributed by atoms with Crippen molar-refractivity contribution in [1.82, 2.24) is 5.32 Å². The van der Waals surface area contributed by atoms with E-state index >= 15 is 0 Å². The van der Waals surface area contributed by atoms with Gasteiger partial charge in [-0.1, -0.05) is 43.5 Å². The number of esters is 1. The molecule has 0 aliphatic heterocycles. The van der Waals surface area contributed by atoms with E-state index in [2.05, 4.69) is 5.32 Å². The number of aliphatic imine (C=N–C) groups is 1. The normalized spacial score (nSPS) is 15.6. The van der Waals surface area contributed by atoms with Gasteiger partial charge in [0.15, 0.2) is 0 Å². The van der Waals surface area contributed by atoms with Gasteiger partial charge in [0, 0.05) is 22.7 Å². The molecule has 2 aromatic carbocycles. The number of para-hydroxylation sites is 1. The number of nitrogens with one attached hydrogen (secondary N) is 1. The van der Waals surface area contributed by atoms with Gasteiger partial charge in [-0.05, 0) is 80.8 Å². The Morgan fingerprint density at radius 3 is 2.56 bits per heavy atom. The van der Waals surface area contributed by atoms with Gasteiger partial charge < -0.3 is 14.8 Å². The Balaban J connectivity index is 1.32. The second-order valence-corrected chi connectivity index (χ2v) is 11.3. The Hall–Kier alpha value is -3.45. The molecule has 7 heteroatoms. The van der Waals surface area contributed by atoms with E-state index in [1.165, 1.54) is 29.7 Å². The molecule has 0 spiro atoms. The Labute approximate surface area is 234 Å². The number of hydrogen-bond acceptors (Lipinski definition) is 6. The van der Waals surface area contributed by atoms with Crippen molar-refractivity contribution in [1.29, 1.82) is 0 Å². The summed E-state index contributed by atoms with van der Waals surface area (Å²) >= 11 is 1.66. The van der Waals surface area contributed by atoms with Crippen LogP contribution in [0.4, 0.5) is 5.00 Å². The molecule has 2 aliphatic rings. The molecule has 1 fully saturated rings. The molecule has 6 nitrogen and oxygen atoms in total. The SMILES string of the molecule is CCOC(=O)c1ccc(COc2ccccc2C=Nc2sc3c(c2C(=O)NC2CCCCC2)CCCC3)cc1. The second kappa shape index (κ2) is 13.1. The fourth-order valence-electron chi connectivity index (χ4n) is 5.34. The third-order valence-electron chi connectivity index (χ3n) is 7.42. The van der Waals surface area contributed by atoms with Crippen LogP contribution in [0.5, 0.6) is 5.75 Å². The third kappa shape index (κ3) is 6.77. The number of nitrogens with zero attached hydrogens (tertiary/aromatic N) is 1. The molecule has 2 aliphatic carbocycles. The van der Waals surface area contributed by atoms with Crippen LogP contribution in [0.3, 0.4) is 0 Å². The number of ether oxygens (including phenoxy) is 2. The standard InChI is InChI=1S/C32H36N2O4S/c1-2-37-32(36)23-18-16-22(17-19-23)21-38-27-14-8-6-10-24(27)20-33-31-29(26-13-7-9-15-28(26)39-31)30(35)34-25-11-4-3-5-12-25/h6,8,10,14,16-20,25H,2-5,7,9,11-13,15,21H2,1H3,(H,34,35). The molecule has 0 atom stereocenters. The molecule has 1 N–H and O–H groups in total. The van der Waals surface area contributed by atoms with E-state index in [1.807, 2.05) is 42.6 Å². The van der Waals surface area contributed by atoms with Crippen molar-refractivity contribution in [2.45, 2.75) is 77.4 Å². The first-order valence-corrected chi connectivity index (χ1v) is 14.9. The van der Waals surface area contributed by atoms with Crippen molar-refractivity contribution in [3.63, 3.8) is 0 Å². The van der Waals surface area contributed by atoms with Crippen LogP contribution >= 0.6 is 11.3 Å². The van der Waals surface area contributed by atoms with Gasteiger partial charge in [0.05, 0.1) is 17.7 Å². The number of amides is 1. The zero-order chi connectivity index (χ0) is 27.0. The number of carbonyl (C=O) groups excluding carboxylic acids is 2. The van der Waals surface area contributed by atoms with Crippen LogP contribution in [0.2, 0.25) is 0 Å². The van der Waals surface area contributed by atoms with Crippen LogP contribution in [0.1, 0.15) is 94.2 Å². The Bertz CT molecular complexity index is 1320. The van der Waals surface area contributed by atoms with Gasteiger partial charge in [-0.2, -0.15) is 0 Å². The Kier molecular flexibility index (Phi) is 9.09. The van der Waals surface area contributed by atoms with Gasteiger partial charge in [0.25, 0.3) is 5.91 Å². The van der Waals surface area contributed by atoms with Crippen LogP contribution in [0.25, 0.3) is 0 Å². The smallest absolute Gasteiger partial charge is 0.338 e. The molecule has 1 aromatic heterocycles. The zero-order valence-electron chi connectivity index (χ0n) is 22.5. The molecule has 1 amide bonds. The Morgan fingerprint density at radius 2 is 1.77 bits per heavy atom. The summed E-state index contributed by atoms with van der Waals surface area (Å²) in [6, 6.07) is 15.3. The fourth-order valence-corrected chi connectivity index (χ4v) is 6.57. The van der Waals surface area contributed by atoms with Crippen LogP contribution in [-0.4, -0.2) is 30.7 Å². The predicted octanol–water partition coefficient (Wildman–Crippen LogP) is 7.20. The number of thiophene rings is 1. The number of hydrogen-bond donors (Lipinski definition) is 1. The van der Waals surface area contributed by atoms with E-state index in [4.69, 9.17) is 14.5 Å². The average molecular weight is 545 g/mol. The lowest BCUT2D eigenvalue weighted by atomic mass is 9.93. The maximum Gasteiger partial charge on any atom is 0.338 e. The number of fused-ring (bicyclic) bond motifs is 1. The van der Waals surface area contributed by atoms with Crippen molar-refractivity contribution in [3.8, 4) is 5.75 Å². The summed E-state index contributed by atoms with van der Waals surface area (Å²) in [6.07, 6.45) is 11.8. The summed E-state index contributed by atoms with van der Waals surface area (Å²) in [5.74, 6) is 0.420. The molecule has 0 saturated heterocycles. The Morgan fingerprint density at radius 1 is 1.00 bits per heavy atom. The van der Waals surface area contributed by atoms with E-state index in [0.29, 0.717) is 24.5 Å². The summed E-state index contributed by atoms with van der Waals surface area (Å²) in [5.41, 5.74) is 4.29. The van der Waals surface area contributed by atoms with Crippen molar-refractivity contribution in [2.75, 3.05) is 6.61 Å². The van der Waals surface area contributed by atoms with Gasteiger partial charge in [-0.15, -0.1) is 11.3 Å². The first-order chi connectivity index (χ1) is 19.1. The van der Waals surface area contributed by atoms with Crippen LogP contribution in [0, 0.1) is 0 Å². The quantitative estimate of drug-likeness (QED) is 0.228. The monoisotopic (exact) mass is 544 g/mol. The molecule has 5 rings (SSSR count). The fraction of sp³-hybridized carbons (Fsp3) is 0.406. The van der Waals surface area contributed by atoms with Crippen LogP contribution in [0.15, 0.2) is 53.5 Å². The molecular formula is C32H36N2O4S. The predicted molar refractivity (Wildman–Crippen MR) is 156 cm³/mol. The van der Waals surface area contributed by atoms with Gasteiger partial charge in [-0.25, -0.2) is 9.79 Å². The van der Waals surface area contributed by atoms with Crippen molar-refractivity contribution in [2.24, 2.45) is 4.99 Å². The van der Waals surface area contributed by atoms with Gasteiger partial charge in [-0.3, -0.25) is 4.79 Å². The highest BCUT2D eigenvalue weighted by atomic mass is 32.1. The molecule has 0 radical (unpaired) electrons. The van der Waals surface area contributed by atoms with E-state index in [9.17, 15) is 9.59 Å². The minimum atomic E-state index is -0.325. The lowest BCUT2D eigenvalue weighted by Gasteiger charge is -2.23. The molecule has 3 aromatic rings. The minimum absolute atomic E-state index is 0.0317. The maximum absolute atomic E-state index is 13.5. The van der Waals surface area contributed by atoms with E-state index in [1.54, 1.807) is 30.4 Å². The molecule has 1 heterocycles. The summed E-state index contributed by atoms with van der Waals surface area (Å²) in [5, 5.41) is 4.11. The molecule has 1 saturated carbocycles. The topological polar surface area (TPSA) is 77.0 Å². The molecule has 39 heavy (non-hydrogen) atoms. The van der Waals surface area contributed by atoms with Crippen molar-refractivity contribution >= 4 is 34.4 Å². The summed E-state index contributed by atoms with van der Waals surface area (Å²) in [7, 11) is 0. The zero-order valence-corrected chi connectivity index (χ0v) is 23.4. The number of aryl methyl sites for hydroxylation is 1. The number of benzene rings is 2. The first kappa shape index (κ1) is 27.1. The third-order valence-corrected chi connectivity index (χ3v) is 8.62. The number of rotatable bonds is 9. The van der Waals surface area contributed by atoms with Gasteiger partial charge in [0.1, 0.15) is 17.4 Å². The lowest BCUT2D eigenvalue weighted by Crippen LogP contribution is -2.36. The molecule has 204 valence electrons. The largest absolute Gasteiger partial charge is 0.488 e. The highest BCUT2D eigenvalue weighted by Crippen LogP contribution is 2.40. The summed E-state index contributed by atoms with van der Waals surface area (Å²) < 4.78 is 11.2. The van der Waals surface area contributed by atoms with Crippen LogP contribution < -0.4 is 10.1 Å². The molecular weight excluding hydrogens is 508 g/mol. The highest BCUT2D eigenvalue weighted by molar-refractivity contribution is 7.16. The number of carbonyl (C=O) groups is 2. The highest BCUT2D eigenvalue weighted by Gasteiger charge is 2.27. The van der Waals surface area contributed by atoms with Gasteiger partial charge >= 0.3 is 5.97 Å². The van der Waals surface area contributed by atoms with Gasteiger partial charge in [0.2, 0.25) is 0 Å². The lowest BCUT2D eigenvalue weighted by molar-refractivity contribution is 0.0526.